The van der Waals surface area contributed by atoms with Gasteiger partial charge in [-0.2, -0.15) is 4.98 Å². The average Bonchev–Trinajstić information content (AvgIpc) is 2.92. The third-order valence-electron chi connectivity index (χ3n) is 2.87. The Morgan fingerprint density at radius 1 is 1.33 bits per heavy atom. The molecule has 3 N–H and O–H groups in total. The van der Waals surface area contributed by atoms with Crippen LogP contribution in [0.2, 0.25) is 0 Å². The van der Waals surface area contributed by atoms with Crippen molar-refractivity contribution >= 4 is 22.9 Å². The van der Waals surface area contributed by atoms with Gasteiger partial charge in [0.05, 0.1) is 10.6 Å². The highest BCUT2D eigenvalue weighted by Gasteiger charge is 2.15. The maximum atomic E-state index is 10.8. The van der Waals surface area contributed by atoms with E-state index in [4.69, 9.17) is 10.3 Å². The van der Waals surface area contributed by atoms with E-state index in [-0.39, 0.29) is 23.2 Å². The number of oxazole rings is 1. The van der Waals surface area contributed by atoms with Gasteiger partial charge >= 0.3 is 0 Å². The number of rotatable bonds is 3. The molecular formula is C12H10N6O3. The first-order chi connectivity index (χ1) is 10.1. The van der Waals surface area contributed by atoms with E-state index in [9.17, 15) is 10.1 Å². The first-order valence-electron chi connectivity index (χ1n) is 5.95. The summed E-state index contributed by atoms with van der Waals surface area (Å²) in [6.45, 7) is 1.74. The van der Waals surface area contributed by atoms with Gasteiger partial charge in [-0.1, -0.05) is 6.07 Å². The molecule has 0 bridgehead atoms. The number of nitrogens with two attached hydrogens (primary N) is 1. The van der Waals surface area contributed by atoms with Gasteiger partial charge in [0, 0.05) is 17.7 Å². The lowest BCUT2D eigenvalue weighted by Gasteiger charge is -1.97. The van der Waals surface area contributed by atoms with E-state index in [2.05, 4.69) is 20.4 Å². The molecule has 0 aliphatic rings. The number of non-ortho nitro benzene ring substituents is 1. The fourth-order valence-electron chi connectivity index (χ4n) is 1.90. The number of nitrogen functional groups attached to an aromatic ring is 1. The molecule has 0 unspecified atom stereocenters. The molecule has 0 aliphatic carbocycles. The molecule has 9 heteroatoms. The van der Waals surface area contributed by atoms with E-state index in [0.29, 0.717) is 16.8 Å². The zero-order valence-electron chi connectivity index (χ0n) is 10.9. The summed E-state index contributed by atoms with van der Waals surface area (Å²) in [7, 11) is 0. The van der Waals surface area contributed by atoms with Crippen molar-refractivity contribution in [3.63, 3.8) is 0 Å². The number of aromatic nitrogens is 3. The lowest BCUT2D eigenvalue weighted by Crippen LogP contribution is -2.10. The predicted octanol–water partition coefficient (Wildman–Crippen LogP) is 1.79. The molecule has 2 aromatic heterocycles. The fraction of sp³-hybridized carbons (Fsp3) is 0.0833. The lowest BCUT2D eigenvalue weighted by atomic mass is 10.2. The molecule has 0 atom stereocenters. The Morgan fingerprint density at radius 2 is 2.14 bits per heavy atom. The zero-order chi connectivity index (χ0) is 15.0. The Morgan fingerprint density at radius 3 is 2.86 bits per heavy atom. The van der Waals surface area contributed by atoms with Crippen molar-refractivity contribution in [2.75, 3.05) is 5.43 Å². The number of nitrogens with one attached hydrogen (secondary N) is 1. The average molecular weight is 286 g/mol. The summed E-state index contributed by atoms with van der Waals surface area (Å²) < 4.78 is 5.53. The van der Waals surface area contributed by atoms with Crippen molar-refractivity contribution in [2.45, 2.75) is 6.92 Å². The second-order valence-corrected chi connectivity index (χ2v) is 4.26. The van der Waals surface area contributed by atoms with Gasteiger partial charge in [0.2, 0.25) is 11.8 Å². The topological polar surface area (TPSA) is 133 Å². The fourth-order valence-corrected chi connectivity index (χ4v) is 1.90. The molecule has 3 rings (SSSR count). The highest BCUT2D eigenvalue weighted by atomic mass is 16.6. The van der Waals surface area contributed by atoms with E-state index in [1.54, 1.807) is 19.1 Å². The molecule has 0 saturated heterocycles. The number of anilines is 1. The molecule has 1 aromatic carbocycles. The van der Waals surface area contributed by atoms with E-state index in [1.165, 1.54) is 12.1 Å². The number of nitrogens with zero attached hydrogens (tertiary/aromatic N) is 4. The number of nitro groups is 1. The van der Waals surface area contributed by atoms with Gasteiger partial charge < -0.3 is 4.42 Å². The van der Waals surface area contributed by atoms with Crippen molar-refractivity contribution in [2.24, 2.45) is 5.84 Å². The van der Waals surface area contributed by atoms with Gasteiger partial charge in [0.1, 0.15) is 0 Å². The standard InChI is InChI=1S/C12H10N6O3/c1-6-9-11(16-12(14-6)17-13)21-10(15-9)7-3-2-4-8(5-7)18(19)20/h2-5H,13H2,1H3,(H,14,16,17). The number of fused-ring (bicyclic) bond motifs is 1. The van der Waals surface area contributed by atoms with E-state index >= 15 is 0 Å². The summed E-state index contributed by atoms with van der Waals surface area (Å²) in [5, 5.41) is 10.8. The SMILES string of the molecule is Cc1nc(NN)nc2oc(-c3cccc([N+](=O)[O-])c3)nc12. The molecule has 21 heavy (non-hydrogen) atoms. The van der Waals surface area contributed by atoms with Crippen molar-refractivity contribution in [3.05, 3.63) is 40.1 Å². The van der Waals surface area contributed by atoms with Crippen LogP contribution in [0.5, 0.6) is 0 Å². The molecule has 0 saturated carbocycles. The molecule has 9 nitrogen and oxygen atoms in total. The first-order valence-corrected chi connectivity index (χ1v) is 5.95. The van der Waals surface area contributed by atoms with Crippen LogP contribution in [0.3, 0.4) is 0 Å². The van der Waals surface area contributed by atoms with Gasteiger partial charge in [0.25, 0.3) is 11.4 Å². The smallest absolute Gasteiger partial charge is 0.270 e. The van der Waals surface area contributed by atoms with Crippen LogP contribution < -0.4 is 11.3 Å². The quantitative estimate of drug-likeness (QED) is 0.423. The summed E-state index contributed by atoms with van der Waals surface area (Å²) in [5.74, 6) is 5.72. The van der Waals surface area contributed by atoms with Gasteiger partial charge in [-0.05, 0) is 13.0 Å². The maximum absolute atomic E-state index is 10.8. The van der Waals surface area contributed by atoms with Crippen LogP contribution >= 0.6 is 0 Å². The molecule has 0 fully saturated rings. The molecule has 0 spiro atoms. The Bertz CT molecular complexity index is 844. The number of aryl methyl sites for hydroxylation is 1. The summed E-state index contributed by atoms with van der Waals surface area (Å²) in [6, 6.07) is 6.01. The van der Waals surface area contributed by atoms with Crippen LogP contribution in [0.4, 0.5) is 11.6 Å². The Labute approximate surface area is 118 Å². The maximum Gasteiger partial charge on any atom is 0.270 e. The van der Waals surface area contributed by atoms with Crippen LogP contribution in [-0.2, 0) is 0 Å². The zero-order valence-corrected chi connectivity index (χ0v) is 10.9. The summed E-state index contributed by atoms with van der Waals surface area (Å²) in [6.07, 6.45) is 0. The summed E-state index contributed by atoms with van der Waals surface area (Å²) in [4.78, 5) is 22.7. The molecule has 0 amide bonds. The van der Waals surface area contributed by atoms with Gasteiger partial charge in [-0.25, -0.2) is 15.8 Å². The minimum absolute atomic E-state index is 0.0399. The second kappa shape index (κ2) is 4.80. The number of benzene rings is 1. The number of nitro benzene ring substituents is 1. The number of hydrogen-bond donors (Lipinski definition) is 2. The highest BCUT2D eigenvalue weighted by Crippen LogP contribution is 2.27. The van der Waals surface area contributed by atoms with Crippen molar-refractivity contribution < 1.29 is 9.34 Å². The minimum Gasteiger partial charge on any atom is -0.417 e. The van der Waals surface area contributed by atoms with Gasteiger partial charge in [0.15, 0.2) is 5.52 Å². The van der Waals surface area contributed by atoms with Crippen LogP contribution in [0.1, 0.15) is 5.69 Å². The Balaban J connectivity index is 2.15. The minimum atomic E-state index is -0.479. The van der Waals surface area contributed by atoms with E-state index < -0.39 is 4.92 Å². The van der Waals surface area contributed by atoms with E-state index in [0.717, 1.165) is 0 Å². The van der Waals surface area contributed by atoms with E-state index in [1.807, 2.05) is 0 Å². The normalized spacial score (nSPS) is 10.8. The third kappa shape index (κ3) is 2.25. The van der Waals surface area contributed by atoms with Crippen molar-refractivity contribution in [1.82, 2.24) is 15.0 Å². The molecule has 2 heterocycles. The highest BCUT2D eigenvalue weighted by molar-refractivity contribution is 5.76. The van der Waals surface area contributed by atoms with Crippen LogP contribution in [0.15, 0.2) is 28.7 Å². The van der Waals surface area contributed by atoms with Crippen LogP contribution in [0, 0.1) is 17.0 Å². The molecule has 106 valence electrons. The largest absolute Gasteiger partial charge is 0.417 e. The number of hydrogen-bond acceptors (Lipinski definition) is 8. The summed E-state index contributed by atoms with van der Waals surface area (Å²) in [5.41, 5.74) is 4.12. The first kappa shape index (κ1) is 12.9. The summed E-state index contributed by atoms with van der Waals surface area (Å²) >= 11 is 0. The monoisotopic (exact) mass is 286 g/mol. The Hall–Kier alpha value is -3.07. The van der Waals surface area contributed by atoms with Crippen LogP contribution in [-0.4, -0.2) is 19.9 Å². The molecule has 0 aliphatic heterocycles. The van der Waals surface area contributed by atoms with Crippen LogP contribution in [0.25, 0.3) is 22.7 Å². The molecular weight excluding hydrogens is 276 g/mol. The molecule has 0 radical (unpaired) electrons. The lowest BCUT2D eigenvalue weighted by molar-refractivity contribution is -0.384. The van der Waals surface area contributed by atoms with Crippen molar-refractivity contribution in [1.29, 1.82) is 0 Å². The second-order valence-electron chi connectivity index (χ2n) is 4.26. The molecule has 3 aromatic rings. The van der Waals surface area contributed by atoms with Gasteiger partial charge in [-0.15, -0.1) is 0 Å². The van der Waals surface area contributed by atoms with Crippen molar-refractivity contribution in [3.8, 4) is 11.5 Å². The third-order valence-corrected chi connectivity index (χ3v) is 2.87. The predicted molar refractivity (Wildman–Crippen MR) is 74.2 cm³/mol. The number of hydrazine groups is 1. The van der Waals surface area contributed by atoms with Gasteiger partial charge in [-0.3, -0.25) is 15.5 Å². The Kier molecular flexibility index (Phi) is 2.95.